The lowest BCUT2D eigenvalue weighted by Crippen LogP contribution is -2.58. The van der Waals surface area contributed by atoms with Gasteiger partial charge in [-0.3, -0.25) is 24.0 Å². The monoisotopic (exact) mass is 462 g/mol. The number of carboxylic acid groups (broad SMARTS) is 1. The van der Waals surface area contributed by atoms with Crippen LogP contribution in [0.5, 0.6) is 0 Å². The van der Waals surface area contributed by atoms with Gasteiger partial charge in [-0.15, -0.1) is 0 Å². The summed E-state index contributed by atoms with van der Waals surface area (Å²) in [5.74, 6) is -5.87. The first kappa shape index (κ1) is 28.1. The number of thiol groups is 1. The molecule has 0 saturated carbocycles. The number of aliphatic carboxylic acids is 1. The molecule has 176 valence electrons. The van der Waals surface area contributed by atoms with Gasteiger partial charge in [0, 0.05) is 5.75 Å². The number of carboxylic acids is 1. The van der Waals surface area contributed by atoms with Crippen LogP contribution < -0.4 is 33.2 Å². The van der Waals surface area contributed by atoms with E-state index in [1.165, 1.54) is 0 Å². The fraction of sp³-hybridized carbons (Fsp3) is 0.647. The molecule has 13 nitrogen and oxygen atoms in total. The molecular weight excluding hydrogens is 432 g/mol. The summed E-state index contributed by atoms with van der Waals surface area (Å²) >= 11 is 3.99. The van der Waals surface area contributed by atoms with Crippen LogP contribution in [0, 0.1) is 5.92 Å². The predicted molar refractivity (Wildman–Crippen MR) is 112 cm³/mol. The number of nitrogens with one attached hydrogen (secondary N) is 3. The first-order chi connectivity index (χ1) is 14.3. The third kappa shape index (κ3) is 11.2. The lowest BCUT2D eigenvalue weighted by atomic mass is 10.0. The van der Waals surface area contributed by atoms with Crippen LogP contribution >= 0.6 is 12.6 Å². The second-order valence-electron chi connectivity index (χ2n) is 7.28. The molecule has 5 amide bonds. The maximum atomic E-state index is 12.6. The highest BCUT2D eigenvalue weighted by atomic mass is 32.1. The van der Waals surface area contributed by atoms with Gasteiger partial charge in [-0.1, -0.05) is 13.8 Å². The van der Waals surface area contributed by atoms with E-state index in [2.05, 4.69) is 28.6 Å². The number of carbonyl (C=O) groups excluding carboxylic acids is 5. The Hall–Kier alpha value is -2.87. The van der Waals surface area contributed by atoms with Crippen molar-refractivity contribution < 1.29 is 33.9 Å². The molecule has 4 atom stereocenters. The molecule has 0 radical (unpaired) electrons. The van der Waals surface area contributed by atoms with E-state index in [-0.39, 0.29) is 18.1 Å². The Bertz CT molecular complexity index is 702. The van der Waals surface area contributed by atoms with Crippen molar-refractivity contribution in [3.63, 3.8) is 0 Å². The quantitative estimate of drug-likeness (QED) is 0.121. The number of amides is 5. The van der Waals surface area contributed by atoms with Gasteiger partial charge in [0.1, 0.15) is 18.1 Å². The molecule has 0 aromatic rings. The van der Waals surface area contributed by atoms with Crippen molar-refractivity contribution in [1.82, 2.24) is 16.0 Å². The maximum Gasteiger partial charge on any atom is 0.326 e. The summed E-state index contributed by atoms with van der Waals surface area (Å²) in [6.07, 6.45) is -0.924. The molecule has 0 rings (SSSR count). The SMILES string of the molecule is CC(C)CC(NC(=O)C(CS)NC(=O)C(N)CC(N)=O)C(=O)NC(CC(N)=O)C(=O)O. The van der Waals surface area contributed by atoms with Crippen LogP contribution in [0.1, 0.15) is 33.1 Å². The van der Waals surface area contributed by atoms with Gasteiger partial charge in [-0.2, -0.15) is 12.6 Å². The molecular formula is C17H30N6O7S. The minimum absolute atomic E-state index is 0.0801. The summed E-state index contributed by atoms with van der Waals surface area (Å²) in [4.78, 5) is 70.3. The normalized spacial score (nSPS) is 14.6. The molecule has 10 N–H and O–H groups in total. The third-order valence-corrected chi connectivity index (χ3v) is 4.30. The Morgan fingerprint density at radius 2 is 1.26 bits per heavy atom. The molecule has 0 aliphatic carbocycles. The zero-order valence-corrected chi connectivity index (χ0v) is 18.2. The van der Waals surface area contributed by atoms with Gasteiger partial charge in [-0.05, 0) is 12.3 Å². The predicted octanol–water partition coefficient (Wildman–Crippen LogP) is -3.42. The third-order valence-electron chi connectivity index (χ3n) is 3.93. The first-order valence-electron chi connectivity index (χ1n) is 9.35. The van der Waals surface area contributed by atoms with Crippen LogP contribution in [0.4, 0.5) is 0 Å². The second-order valence-corrected chi connectivity index (χ2v) is 7.65. The van der Waals surface area contributed by atoms with Crippen molar-refractivity contribution in [2.24, 2.45) is 23.1 Å². The minimum atomic E-state index is -1.57. The number of carbonyl (C=O) groups is 6. The van der Waals surface area contributed by atoms with Crippen LogP contribution in [0.3, 0.4) is 0 Å². The zero-order valence-electron chi connectivity index (χ0n) is 17.3. The highest BCUT2D eigenvalue weighted by Gasteiger charge is 2.31. The van der Waals surface area contributed by atoms with Crippen molar-refractivity contribution in [3.8, 4) is 0 Å². The number of hydrogen-bond acceptors (Lipinski definition) is 8. The minimum Gasteiger partial charge on any atom is -0.480 e. The van der Waals surface area contributed by atoms with Crippen LogP contribution in [-0.4, -0.2) is 70.5 Å². The molecule has 31 heavy (non-hydrogen) atoms. The summed E-state index contributed by atoms with van der Waals surface area (Å²) < 4.78 is 0. The molecule has 0 heterocycles. The van der Waals surface area contributed by atoms with E-state index >= 15 is 0 Å². The largest absolute Gasteiger partial charge is 0.480 e. The van der Waals surface area contributed by atoms with E-state index in [0.717, 1.165) is 0 Å². The fourth-order valence-corrected chi connectivity index (χ4v) is 2.69. The smallest absolute Gasteiger partial charge is 0.326 e. The molecule has 0 aliphatic rings. The Kier molecular flexibility index (Phi) is 12.2. The van der Waals surface area contributed by atoms with Crippen molar-refractivity contribution in [2.45, 2.75) is 57.3 Å². The summed E-state index contributed by atoms with van der Waals surface area (Å²) in [5, 5.41) is 16.0. The molecule has 0 aromatic carbocycles. The van der Waals surface area contributed by atoms with E-state index in [1.54, 1.807) is 13.8 Å². The molecule has 14 heteroatoms. The first-order valence-corrected chi connectivity index (χ1v) is 9.98. The van der Waals surface area contributed by atoms with Crippen LogP contribution in [-0.2, 0) is 28.8 Å². The lowest BCUT2D eigenvalue weighted by Gasteiger charge is -2.25. The highest BCUT2D eigenvalue weighted by molar-refractivity contribution is 7.80. The van der Waals surface area contributed by atoms with E-state index in [1.807, 2.05) is 0 Å². The van der Waals surface area contributed by atoms with E-state index in [4.69, 9.17) is 22.3 Å². The Labute approximate surface area is 184 Å². The van der Waals surface area contributed by atoms with Crippen molar-refractivity contribution in [2.75, 3.05) is 5.75 Å². The number of hydrogen-bond donors (Lipinski definition) is 8. The van der Waals surface area contributed by atoms with Gasteiger partial charge in [0.05, 0.1) is 18.9 Å². The standard InChI is InChI=1S/C17H30N6O7S/c1-7(2)3-9(15(27)22-10(17(29)30)5-13(20)25)21-16(28)11(6-31)23-14(26)8(18)4-12(19)24/h7-11,31H,3-6,18H2,1-2H3,(H2,19,24)(H2,20,25)(H,21,28)(H,22,27)(H,23,26)(H,29,30). The fourth-order valence-electron chi connectivity index (χ4n) is 2.43. The number of nitrogens with two attached hydrogens (primary N) is 3. The summed E-state index contributed by atoms with van der Waals surface area (Å²) in [6.45, 7) is 3.54. The van der Waals surface area contributed by atoms with Crippen molar-refractivity contribution in [1.29, 1.82) is 0 Å². The van der Waals surface area contributed by atoms with Gasteiger partial charge in [-0.25, -0.2) is 4.79 Å². The average Bonchev–Trinajstić information content (AvgIpc) is 2.62. The topological polar surface area (TPSA) is 237 Å². The summed E-state index contributed by atoms with van der Waals surface area (Å²) in [7, 11) is 0. The number of primary amides is 2. The van der Waals surface area contributed by atoms with Crippen LogP contribution in [0.2, 0.25) is 0 Å². The van der Waals surface area contributed by atoms with Crippen molar-refractivity contribution in [3.05, 3.63) is 0 Å². The molecule has 0 spiro atoms. The second kappa shape index (κ2) is 13.4. The van der Waals surface area contributed by atoms with Crippen molar-refractivity contribution >= 4 is 48.1 Å². The number of rotatable bonds is 14. The van der Waals surface area contributed by atoms with Crippen LogP contribution in [0.25, 0.3) is 0 Å². The summed E-state index contributed by atoms with van der Waals surface area (Å²) in [5.41, 5.74) is 15.5. The Morgan fingerprint density at radius 1 is 0.806 bits per heavy atom. The molecule has 4 unspecified atom stereocenters. The Balaban J connectivity index is 5.29. The average molecular weight is 463 g/mol. The van der Waals surface area contributed by atoms with Crippen LogP contribution in [0.15, 0.2) is 0 Å². The molecule has 0 saturated heterocycles. The molecule has 0 fully saturated rings. The van der Waals surface area contributed by atoms with Gasteiger partial charge < -0.3 is 38.3 Å². The van der Waals surface area contributed by atoms with E-state index < -0.39 is 72.5 Å². The maximum absolute atomic E-state index is 12.6. The lowest BCUT2D eigenvalue weighted by molar-refractivity contribution is -0.143. The van der Waals surface area contributed by atoms with Gasteiger partial charge in [0.15, 0.2) is 0 Å². The van der Waals surface area contributed by atoms with Gasteiger partial charge >= 0.3 is 5.97 Å². The van der Waals surface area contributed by atoms with Gasteiger partial charge in [0.25, 0.3) is 0 Å². The summed E-state index contributed by atoms with van der Waals surface area (Å²) in [6, 6.07) is -5.20. The van der Waals surface area contributed by atoms with E-state index in [0.29, 0.717) is 0 Å². The molecule has 0 aromatic heterocycles. The molecule has 0 bridgehead atoms. The zero-order chi connectivity index (χ0) is 24.3. The molecule has 0 aliphatic heterocycles. The Morgan fingerprint density at radius 3 is 1.68 bits per heavy atom. The highest BCUT2D eigenvalue weighted by Crippen LogP contribution is 2.07. The van der Waals surface area contributed by atoms with Gasteiger partial charge in [0.2, 0.25) is 29.5 Å². The van der Waals surface area contributed by atoms with E-state index in [9.17, 15) is 28.8 Å².